The highest BCUT2D eigenvalue weighted by Gasteiger charge is 2.09. The van der Waals surface area contributed by atoms with E-state index < -0.39 is 5.97 Å². The summed E-state index contributed by atoms with van der Waals surface area (Å²) in [5.74, 6) is -1.37. The minimum atomic E-state index is -0.942. The summed E-state index contributed by atoms with van der Waals surface area (Å²) in [4.78, 5) is 22.2. The second-order valence-electron chi connectivity index (χ2n) is 4.37. The van der Waals surface area contributed by atoms with Gasteiger partial charge >= 0.3 is 5.97 Å². The number of carbonyl (C=O) groups is 2. The summed E-state index contributed by atoms with van der Waals surface area (Å²) in [6.07, 6.45) is 0. The van der Waals surface area contributed by atoms with E-state index in [9.17, 15) is 14.0 Å². The van der Waals surface area contributed by atoms with Crippen LogP contribution in [0.15, 0.2) is 48.5 Å². The lowest BCUT2D eigenvalue weighted by molar-refractivity contribution is -0.133. The number of hydrogen-bond acceptors (Lipinski definition) is 3. The summed E-state index contributed by atoms with van der Waals surface area (Å²) in [7, 11) is 0. The third-order valence-corrected chi connectivity index (χ3v) is 3.77. The van der Waals surface area contributed by atoms with Crippen LogP contribution in [0.25, 0.3) is 11.1 Å². The second kappa shape index (κ2) is 7.04. The molecule has 2 aromatic rings. The Hall–Kier alpha value is -2.14. The third kappa shape index (κ3) is 4.16. The van der Waals surface area contributed by atoms with Crippen LogP contribution >= 0.6 is 11.8 Å². The fourth-order valence-corrected chi connectivity index (χ4v) is 2.47. The van der Waals surface area contributed by atoms with Gasteiger partial charge < -0.3 is 5.11 Å². The van der Waals surface area contributed by atoms with Gasteiger partial charge in [-0.15, -0.1) is 11.8 Å². The lowest BCUT2D eigenvalue weighted by Gasteiger charge is -2.05. The quantitative estimate of drug-likeness (QED) is 0.830. The molecule has 0 atom stereocenters. The van der Waals surface area contributed by atoms with E-state index in [1.165, 1.54) is 6.07 Å². The number of benzene rings is 2. The average molecular weight is 304 g/mol. The molecule has 0 aliphatic carbocycles. The molecule has 0 radical (unpaired) electrons. The summed E-state index contributed by atoms with van der Waals surface area (Å²) in [5.41, 5.74) is 1.67. The Kier molecular flexibility index (Phi) is 5.11. The first-order valence-corrected chi connectivity index (χ1v) is 7.41. The van der Waals surface area contributed by atoms with Crippen LogP contribution < -0.4 is 0 Å². The van der Waals surface area contributed by atoms with E-state index in [1.807, 2.05) is 0 Å². The SMILES string of the molecule is O=C(O)CSCC(=O)c1ccc(-c2ccccc2F)cc1. The van der Waals surface area contributed by atoms with Crippen molar-refractivity contribution in [1.29, 1.82) is 0 Å². The van der Waals surface area contributed by atoms with Crippen LogP contribution in [0.1, 0.15) is 10.4 Å². The second-order valence-corrected chi connectivity index (χ2v) is 5.35. The van der Waals surface area contributed by atoms with Crippen LogP contribution in [-0.4, -0.2) is 28.4 Å². The molecule has 0 spiro atoms. The molecule has 3 nitrogen and oxygen atoms in total. The van der Waals surface area contributed by atoms with E-state index >= 15 is 0 Å². The van der Waals surface area contributed by atoms with Crippen LogP contribution in [-0.2, 0) is 4.79 Å². The van der Waals surface area contributed by atoms with Gasteiger partial charge in [0.25, 0.3) is 0 Å². The predicted octanol–water partition coefficient (Wildman–Crippen LogP) is 3.49. The van der Waals surface area contributed by atoms with Gasteiger partial charge in [-0.1, -0.05) is 42.5 Å². The smallest absolute Gasteiger partial charge is 0.313 e. The fourth-order valence-electron chi connectivity index (χ4n) is 1.85. The van der Waals surface area contributed by atoms with Gasteiger partial charge in [0.15, 0.2) is 5.78 Å². The number of carboxylic acids is 1. The normalized spacial score (nSPS) is 10.3. The maximum atomic E-state index is 13.7. The number of aliphatic carboxylic acids is 1. The van der Waals surface area contributed by atoms with E-state index in [1.54, 1.807) is 42.5 Å². The van der Waals surface area contributed by atoms with Gasteiger partial charge in [0, 0.05) is 11.1 Å². The summed E-state index contributed by atoms with van der Waals surface area (Å²) >= 11 is 1.06. The van der Waals surface area contributed by atoms with Gasteiger partial charge in [0.2, 0.25) is 0 Å². The molecule has 0 aromatic heterocycles. The molecule has 0 unspecified atom stereocenters. The molecule has 0 bridgehead atoms. The first kappa shape index (κ1) is 15.3. The largest absolute Gasteiger partial charge is 0.481 e. The number of rotatable bonds is 6. The molecule has 1 N–H and O–H groups in total. The van der Waals surface area contributed by atoms with Crippen molar-refractivity contribution in [1.82, 2.24) is 0 Å². The number of hydrogen-bond donors (Lipinski definition) is 1. The average Bonchev–Trinajstić information content (AvgIpc) is 2.47. The van der Waals surface area contributed by atoms with E-state index in [0.717, 1.165) is 11.8 Å². The maximum absolute atomic E-state index is 13.7. The first-order valence-electron chi connectivity index (χ1n) is 6.25. The summed E-state index contributed by atoms with van der Waals surface area (Å²) in [5, 5.41) is 8.52. The minimum Gasteiger partial charge on any atom is -0.481 e. The molecule has 0 aliphatic heterocycles. The highest BCUT2D eigenvalue weighted by Crippen LogP contribution is 2.23. The number of halogens is 1. The number of carbonyl (C=O) groups excluding carboxylic acids is 1. The summed E-state index contributed by atoms with van der Waals surface area (Å²) in [6, 6.07) is 13.1. The molecule has 2 aromatic carbocycles. The van der Waals surface area contributed by atoms with Crippen molar-refractivity contribution in [2.24, 2.45) is 0 Å². The Morgan fingerprint density at radius 3 is 2.29 bits per heavy atom. The zero-order chi connectivity index (χ0) is 15.2. The van der Waals surface area contributed by atoms with Gasteiger partial charge in [-0.05, 0) is 11.6 Å². The van der Waals surface area contributed by atoms with Crippen molar-refractivity contribution < 1.29 is 19.1 Å². The highest BCUT2D eigenvalue weighted by atomic mass is 32.2. The van der Waals surface area contributed by atoms with E-state index in [-0.39, 0.29) is 23.1 Å². The van der Waals surface area contributed by atoms with Crippen LogP contribution in [0.2, 0.25) is 0 Å². The van der Waals surface area contributed by atoms with Crippen molar-refractivity contribution in [3.05, 3.63) is 59.9 Å². The van der Waals surface area contributed by atoms with E-state index in [2.05, 4.69) is 0 Å². The molecule has 0 heterocycles. The molecule has 5 heteroatoms. The standard InChI is InChI=1S/C16H13FO3S/c17-14-4-2-1-3-13(14)11-5-7-12(8-6-11)15(18)9-21-10-16(19)20/h1-8H,9-10H2,(H,19,20). The van der Waals surface area contributed by atoms with E-state index in [4.69, 9.17) is 5.11 Å². The number of carboxylic acid groups (broad SMARTS) is 1. The van der Waals surface area contributed by atoms with Crippen LogP contribution in [0.5, 0.6) is 0 Å². The molecule has 0 amide bonds. The molecule has 0 saturated heterocycles. The number of Topliss-reactive ketones (excluding diaryl/α,β-unsaturated/α-hetero) is 1. The Labute approximate surface area is 125 Å². The van der Waals surface area contributed by atoms with Gasteiger partial charge in [-0.25, -0.2) is 4.39 Å². The Balaban J connectivity index is 2.07. The maximum Gasteiger partial charge on any atom is 0.313 e. The molecule has 108 valence electrons. The zero-order valence-electron chi connectivity index (χ0n) is 11.1. The summed E-state index contributed by atoms with van der Waals surface area (Å²) < 4.78 is 13.7. The number of thioether (sulfide) groups is 1. The Morgan fingerprint density at radius 1 is 1.00 bits per heavy atom. The molecule has 21 heavy (non-hydrogen) atoms. The molecule has 0 saturated carbocycles. The van der Waals surface area contributed by atoms with Gasteiger partial charge in [-0.3, -0.25) is 9.59 Å². The van der Waals surface area contributed by atoms with Crippen molar-refractivity contribution in [2.45, 2.75) is 0 Å². The minimum absolute atomic E-state index is 0.0982. The van der Waals surface area contributed by atoms with Crippen LogP contribution in [0.3, 0.4) is 0 Å². The monoisotopic (exact) mass is 304 g/mol. The molecule has 2 rings (SSSR count). The van der Waals surface area contributed by atoms with Crippen molar-refractivity contribution in [2.75, 3.05) is 11.5 Å². The van der Waals surface area contributed by atoms with Crippen LogP contribution in [0.4, 0.5) is 4.39 Å². The van der Waals surface area contributed by atoms with Crippen LogP contribution in [0, 0.1) is 5.82 Å². The first-order chi connectivity index (χ1) is 10.1. The topological polar surface area (TPSA) is 54.4 Å². The molecule has 0 aliphatic rings. The summed E-state index contributed by atoms with van der Waals surface area (Å²) in [6.45, 7) is 0. The van der Waals surface area contributed by atoms with Crippen molar-refractivity contribution in [3.63, 3.8) is 0 Å². The highest BCUT2D eigenvalue weighted by molar-refractivity contribution is 8.00. The molecule has 0 fully saturated rings. The van der Waals surface area contributed by atoms with Crippen molar-refractivity contribution >= 4 is 23.5 Å². The lowest BCUT2D eigenvalue weighted by Crippen LogP contribution is -2.06. The zero-order valence-corrected chi connectivity index (χ0v) is 11.9. The van der Waals surface area contributed by atoms with E-state index in [0.29, 0.717) is 16.7 Å². The van der Waals surface area contributed by atoms with Gasteiger partial charge in [0.1, 0.15) is 5.82 Å². The van der Waals surface area contributed by atoms with Crippen molar-refractivity contribution in [3.8, 4) is 11.1 Å². The third-order valence-electron chi connectivity index (χ3n) is 2.85. The molecular formula is C16H13FO3S. The Morgan fingerprint density at radius 2 is 1.67 bits per heavy atom. The van der Waals surface area contributed by atoms with Gasteiger partial charge in [-0.2, -0.15) is 0 Å². The fraction of sp³-hybridized carbons (Fsp3) is 0.125. The van der Waals surface area contributed by atoms with Gasteiger partial charge in [0.05, 0.1) is 11.5 Å². The number of ketones is 1. The Bertz CT molecular complexity index is 653. The predicted molar refractivity (Wildman–Crippen MR) is 81.1 cm³/mol. The molecular weight excluding hydrogens is 291 g/mol. The lowest BCUT2D eigenvalue weighted by atomic mass is 10.0.